The van der Waals surface area contributed by atoms with E-state index in [2.05, 4.69) is 35.1 Å². The van der Waals surface area contributed by atoms with Crippen molar-refractivity contribution < 1.29 is 4.79 Å². The summed E-state index contributed by atoms with van der Waals surface area (Å²) in [6.45, 7) is 6.92. The summed E-state index contributed by atoms with van der Waals surface area (Å²) in [5.41, 5.74) is 6.61. The van der Waals surface area contributed by atoms with Gasteiger partial charge in [0, 0.05) is 21.6 Å². The van der Waals surface area contributed by atoms with Gasteiger partial charge >= 0.3 is 0 Å². The Kier molecular flexibility index (Phi) is 6.72. The van der Waals surface area contributed by atoms with Crippen molar-refractivity contribution in [3.63, 3.8) is 0 Å². The van der Waals surface area contributed by atoms with E-state index in [9.17, 15) is 4.79 Å². The van der Waals surface area contributed by atoms with Crippen LogP contribution in [0.5, 0.6) is 0 Å². The highest BCUT2D eigenvalue weighted by atomic mass is 79.9. The summed E-state index contributed by atoms with van der Waals surface area (Å²) in [5, 5.41) is 2.81. The molecule has 0 saturated heterocycles. The highest BCUT2D eigenvalue weighted by molar-refractivity contribution is 9.10. The molecule has 3 N–H and O–H groups in total. The Bertz CT molecular complexity index is 437. The minimum Gasteiger partial charge on any atom is -0.398 e. The van der Waals surface area contributed by atoms with Gasteiger partial charge in [-0.25, -0.2) is 0 Å². The number of amides is 1. The molecule has 1 amide bonds. The molecular weight excluding hydrogens is 324 g/mol. The molecule has 0 saturated carbocycles. The molecule has 0 aliphatic rings. The summed E-state index contributed by atoms with van der Waals surface area (Å²) >= 11 is 4.90. The van der Waals surface area contributed by atoms with Gasteiger partial charge in [0.2, 0.25) is 5.91 Å². The number of nitrogens with two attached hydrogens (primary N) is 1. The fourth-order valence-corrected chi connectivity index (χ4v) is 2.97. The van der Waals surface area contributed by atoms with Crippen LogP contribution in [0.1, 0.15) is 27.2 Å². The third-order valence-electron chi connectivity index (χ3n) is 2.67. The number of nitrogen functional groups attached to an aromatic ring is 1. The molecule has 1 aromatic rings. The third kappa shape index (κ3) is 5.87. The zero-order valence-electron chi connectivity index (χ0n) is 11.6. The molecule has 0 aliphatic carbocycles. The van der Waals surface area contributed by atoms with Crippen molar-refractivity contribution in [2.24, 2.45) is 5.92 Å². The van der Waals surface area contributed by atoms with Crippen LogP contribution in [0.4, 0.5) is 5.69 Å². The van der Waals surface area contributed by atoms with E-state index in [1.54, 1.807) is 0 Å². The largest absolute Gasteiger partial charge is 0.398 e. The SMILES string of the molecule is CC(C)CCNC(=O)C(C)Sc1cc(Br)ccc1N. The smallest absolute Gasteiger partial charge is 0.233 e. The molecule has 0 aromatic heterocycles. The maximum atomic E-state index is 11.9. The Labute approximate surface area is 127 Å². The molecule has 0 fully saturated rings. The van der Waals surface area contributed by atoms with Crippen LogP contribution in [0, 0.1) is 5.92 Å². The predicted octanol–water partition coefficient (Wildman–Crippen LogP) is 3.67. The summed E-state index contributed by atoms with van der Waals surface area (Å²) in [5.74, 6) is 0.661. The number of halogens is 1. The fraction of sp³-hybridized carbons (Fsp3) is 0.500. The maximum absolute atomic E-state index is 11.9. The van der Waals surface area contributed by atoms with E-state index < -0.39 is 0 Å². The molecule has 1 aromatic carbocycles. The first-order valence-corrected chi connectivity index (χ1v) is 8.06. The van der Waals surface area contributed by atoms with Gasteiger partial charge in [0.05, 0.1) is 5.25 Å². The standard InChI is InChI=1S/C14H21BrN2OS/c1-9(2)6-7-17-14(18)10(3)19-13-8-11(15)4-5-12(13)16/h4-5,8-10H,6-7,16H2,1-3H3,(H,17,18). The van der Waals surface area contributed by atoms with Crippen molar-refractivity contribution in [3.8, 4) is 0 Å². The van der Waals surface area contributed by atoms with Crippen LogP contribution < -0.4 is 11.1 Å². The van der Waals surface area contributed by atoms with Crippen LogP contribution in [-0.2, 0) is 4.79 Å². The van der Waals surface area contributed by atoms with Crippen LogP contribution >= 0.6 is 27.7 Å². The number of carbonyl (C=O) groups is 1. The molecule has 0 radical (unpaired) electrons. The lowest BCUT2D eigenvalue weighted by atomic mass is 10.1. The molecule has 0 aliphatic heterocycles. The zero-order valence-corrected chi connectivity index (χ0v) is 14.0. The topological polar surface area (TPSA) is 55.1 Å². The molecular formula is C14H21BrN2OS. The van der Waals surface area contributed by atoms with Gasteiger partial charge in [-0.3, -0.25) is 4.79 Å². The lowest BCUT2D eigenvalue weighted by molar-refractivity contribution is -0.120. The highest BCUT2D eigenvalue weighted by Crippen LogP contribution is 2.31. The van der Waals surface area contributed by atoms with E-state index in [0.29, 0.717) is 11.6 Å². The summed E-state index contributed by atoms with van der Waals surface area (Å²) in [6, 6.07) is 5.68. The maximum Gasteiger partial charge on any atom is 0.233 e. The lowest BCUT2D eigenvalue weighted by Gasteiger charge is -2.14. The molecule has 0 bridgehead atoms. The lowest BCUT2D eigenvalue weighted by Crippen LogP contribution is -2.32. The molecule has 3 nitrogen and oxygen atoms in total. The molecule has 106 valence electrons. The Morgan fingerprint density at radius 3 is 2.74 bits per heavy atom. The van der Waals surface area contributed by atoms with Crippen molar-refractivity contribution in [1.29, 1.82) is 0 Å². The quantitative estimate of drug-likeness (QED) is 0.611. The molecule has 0 spiro atoms. The number of benzene rings is 1. The molecule has 19 heavy (non-hydrogen) atoms. The van der Waals surface area contributed by atoms with E-state index in [-0.39, 0.29) is 11.2 Å². The highest BCUT2D eigenvalue weighted by Gasteiger charge is 2.15. The zero-order chi connectivity index (χ0) is 14.4. The number of hydrogen-bond acceptors (Lipinski definition) is 3. The second-order valence-electron chi connectivity index (χ2n) is 4.92. The van der Waals surface area contributed by atoms with Gasteiger partial charge in [-0.1, -0.05) is 29.8 Å². The summed E-state index contributed by atoms with van der Waals surface area (Å²) in [4.78, 5) is 12.9. The monoisotopic (exact) mass is 344 g/mol. The van der Waals surface area contributed by atoms with Crippen molar-refractivity contribution in [1.82, 2.24) is 5.32 Å². The van der Waals surface area contributed by atoms with E-state index in [4.69, 9.17) is 5.73 Å². The summed E-state index contributed by atoms with van der Waals surface area (Å²) < 4.78 is 0.969. The first kappa shape index (κ1) is 16.4. The molecule has 1 rings (SSSR count). The van der Waals surface area contributed by atoms with Crippen LogP contribution in [0.15, 0.2) is 27.6 Å². The Hall–Kier alpha value is -0.680. The minimum absolute atomic E-state index is 0.0602. The van der Waals surface area contributed by atoms with E-state index in [1.165, 1.54) is 11.8 Å². The second kappa shape index (κ2) is 7.80. The average Bonchev–Trinajstić information content (AvgIpc) is 2.33. The van der Waals surface area contributed by atoms with Crippen molar-refractivity contribution >= 4 is 39.3 Å². The first-order chi connectivity index (χ1) is 8.90. The van der Waals surface area contributed by atoms with Gasteiger partial charge in [0.1, 0.15) is 0 Å². The Morgan fingerprint density at radius 2 is 2.11 bits per heavy atom. The second-order valence-corrected chi connectivity index (χ2v) is 7.21. The van der Waals surface area contributed by atoms with E-state index in [1.807, 2.05) is 25.1 Å². The number of thioether (sulfide) groups is 1. The molecule has 1 unspecified atom stereocenters. The normalized spacial score (nSPS) is 12.5. The van der Waals surface area contributed by atoms with Gasteiger partial charge in [0.25, 0.3) is 0 Å². The number of rotatable bonds is 6. The minimum atomic E-state index is -0.149. The van der Waals surface area contributed by atoms with Gasteiger partial charge < -0.3 is 11.1 Å². The first-order valence-electron chi connectivity index (χ1n) is 6.39. The van der Waals surface area contributed by atoms with Gasteiger partial charge in [-0.2, -0.15) is 0 Å². The number of carbonyl (C=O) groups excluding carboxylic acids is 1. The summed E-state index contributed by atoms with van der Waals surface area (Å²) in [7, 11) is 0. The van der Waals surface area contributed by atoms with Crippen LogP contribution in [0.25, 0.3) is 0 Å². The fourth-order valence-electron chi connectivity index (χ4n) is 1.48. The number of nitrogens with one attached hydrogen (secondary N) is 1. The molecule has 0 heterocycles. The van der Waals surface area contributed by atoms with Crippen LogP contribution in [0.2, 0.25) is 0 Å². The molecule has 5 heteroatoms. The van der Waals surface area contributed by atoms with Gasteiger partial charge in [-0.15, -0.1) is 11.8 Å². The van der Waals surface area contributed by atoms with Crippen molar-refractivity contribution in [3.05, 3.63) is 22.7 Å². The molecule has 1 atom stereocenters. The average molecular weight is 345 g/mol. The Morgan fingerprint density at radius 1 is 1.42 bits per heavy atom. The predicted molar refractivity (Wildman–Crippen MR) is 86.3 cm³/mol. The van der Waals surface area contributed by atoms with Crippen molar-refractivity contribution in [2.45, 2.75) is 37.3 Å². The van der Waals surface area contributed by atoms with Crippen LogP contribution in [-0.4, -0.2) is 17.7 Å². The van der Waals surface area contributed by atoms with E-state index in [0.717, 1.165) is 22.3 Å². The summed E-state index contributed by atoms with van der Waals surface area (Å²) in [6.07, 6.45) is 1.00. The third-order valence-corrected chi connectivity index (χ3v) is 4.34. The van der Waals surface area contributed by atoms with Crippen LogP contribution in [0.3, 0.4) is 0 Å². The van der Waals surface area contributed by atoms with Gasteiger partial charge in [-0.05, 0) is 37.5 Å². The Balaban J connectivity index is 2.51. The number of hydrogen-bond donors (Lipinski definition) is 2. The van der Waals surface area contributed by atoms with Gasteiger partial charge in [0.15, 0.2) is 0 Å². The van der Waals surface area contributed by atoms with E-state index >= 15 is 0 Å². The van der Waals surface area contributed by atoms with Crippen molar-refractivity contribution in [2.75, 3.05) is 12.3 Å². The number of anilines is 1.